The molecule has 2 rings (SSSR count). The maximum Gasteiger partial charge on any atom is 0.189 e. The van der Waals surface area contributed by atoms with E-state index in [1.165, 1.54) is 25.7 Å². The average molecular weight is 267 g/mol. The zero-order chi connectivity index (χ0) is 14.1. The Morgan fingerprint density at radius 2 is 2.00 bits per heavy atom. The minimum Gasteiger partial charge on any atom is -0.378 e. The summed E-state index contributed by atoms with van der Waals surface area (Å²) in [6, 6.07) is 0.349. The molecule has 1 spiro atoms. The lowest BCUT2D eigenvalue weighted by atomic mass is 9.61. The first-order valence-electron chi connectivity index (χ1n) is 7.60. The van der Waals surface area contributed by atoms with E-state index in [0.29, 0.717) is 18.1 Å². The summed E-state index contributed by atoms with van der Waals surface area (Å²) in [6.45, 7) is 9.19. The third-order valence-corrected chi connectivity index (χ3v) is 4.44. The van der Waals surface area contributed by atoms with Crippen molar-refractivity contribution >= 4 is 5.96 Å². The van der Waals surface area contributed by atoms with E-state index in [4.69, 9.17) is 15.5 Å². The molecule has 110 valence electrons. The summed E-state index contributed by atoms with van der Waals surface area (Å²) in [5, 5.41) is 3.26. The molecule has 2 fully saturated rings. The molecule has 0 amide bonds. The van der Waals surface area contributed by atoms with Crippen molar-refractivity contribution in [3.05, 3.63) is 0 Å². The summed E-state index contributed by atoms with van der Waals surface area (Å²) in [6.07, 6.45) is 6.53. The zero-order valence-electron chi connectivity index (χ0n) is 12.8. The van der Waals surface area contributed by atoms with Gasteiger partial charge in [0.25, 0.3) is 0 Å². The highest BCUT2D eigenvalue weighted by molar-refractivity contribution is 5.78. The predicted molar refractivity (Wildman–Crippen MR) is 79.2 cm³/mol. The van der Waals surface area contributed by atoms with Crippen LogP contribution in [-0.4, -0.2) is 30.3 Å². The van der Waals surface area contributed by atoms with Crippen LogP contribution in [0.5, 0.6) is 0 Å². The Morgan fingerprint density at radius 3 is 2.53 bits per heavy atom. The molecule has 0 aliphatic heterocycles. The summed E-state index contributed by atoms with van der Waals surface area (Å²) >= 11 is 0. The molecule has 0 aromatic carbocycles. The summed E-state index contributed by atoms with van der Waals surface area (Å²) in [4.78, 5) is 4.74. The maximum atomic E-state index is 6.04. The normalized spacial score (nSPS) is 30.4. The number of hydrogen-bond donors (Lipinski definition) is 2. The van der Waals surface area contributed by atoms with Gasteiger partial charge in [-0.1, -0.05) is 12.8 Å². The predicted octanol–water partition coefficient (Wildman–Crippen LogP) is 2.43. The molecular formula is C15H29N3O. The van der Waals surface area contributed by atoms with E-state index < -0.39 is 0 Å². The average Bonchev–Trinajstić information content (AvgIpc) is 2.77. The fourth-order valence-corrected chi connectivity index (χ4v) is 3.62. The van der Waals surface area contributed by atoms with Crippen LogP contribution in [-0.2, 0) is 4.74 Å². The Morgan fingerprint density at radius 1 is 1.37 bits per heavy atom. The fraction of sp³-hybridized carbons (Fsp3) is 0.933. The summed E-state index contributed by atoms with van der Waals surface area (Å²) in [7, 11) is 0. The maximum absolute atomic E-state index is 6.04. The van der Waals surface area contributed by atoms with Crippen LogP contribution in [0.2, 0.25) is 0 Å². The summed E-state index contributed by atoms with van der Waals surface area (Å²) in [5.74, 6) is 0.582. The van der Waals surface area contributed by atoms with Gasteiger partial charge in [-0.15, -0.1) is 0 Å². The molecule has 2 unspecified atom stereocenters. The van der Waals surface area contributed by atoms with Crippen LogP contribution in [0.4, 0.5) is 0 Å². The highest BCUT2D eigenvalue weighted by Crippen LogP contribution is 2.56. The molecule has 0 heterocycles. The lowest BCUT2D eigenvalue weighted by Gasteiger charge is -2.52. The van der Waals surface area contributed by atoms with Gasteiger partial charge >= 0.3 is 0 Å². The highest BCUT2D eigenvalue weighted by atomic mass is 16.5. The van der Waals surface area contributed by atoms with E-state index in [0.717, 1.165) is 13.0 Å². The molecule has 2 aliphatic carbocycles. The first-order chi connectivity index (χ1) is 8.87. The van der Waals surface area contributed by atoms with Gasteiger partial charge in [0.2, 0.25) is 0 Å². The second-order valence-electron chi connectivity index (χ2n) is 7.03. The Hall–Kier alpha value is -0.770. The number of hydrogen-bond acceptors (Lipinski definition) is 2. The van der Waals surface area contributed by atoms with E-state index in [9.17, 15) is 0 Å². The van der Waals surface area contributed by atoms with Crippen LogP contribution in [0, 0.1) is 5.41 Å². The molecule has 0 aromatic heterocycles. The molecule has 4 nitrogen and oxygen atoms in total. The van der Waals surface area contributed by atoms with Gasteiger partial charge in [-0.25, -0.2) is 4.99 Å². The van der Waals surface area contributed by atoms with Crippen LogP contribution in [0.15, 0.2) is 4.99 Å². The number of nitrogens with one attached hydrogen (secondary N) is 1. The summed E-state index contributed by atoms with van der Waals surface area (Å²) < 4.78 is 5.90. The lowest BCUT2D eigenvalue weighted by molar-refractivity contribution is -0.119. The van der Waals surface area contributed by atoms with Gasteiger partial charge in [-0.3, -0.25) is 0 Å². The topological polar surface area (TPSA) is 59.6 Å². The van der Waals surface area contributed by atoms with Crippen molar-refractivity contribution in [3.63, 3.8) is 0 Å². The molecule has 4 heteroatoms. The van der Waals surface area contributed by atoms with Crippen molar-refractivity contribution in [1.82, 2.24) is 5.32 Å². The van der Waals surface area contributed by atoms with Crippen LogP contribution in [0.1, 0.15) is 59.8 Å². The molecule has 2 aliphatic rings. The van der Waals surface area contributed by atoms with Gasteiger partial charge < -0.3 is 15.8 Å². The van der Waals surface area contributed by atoms with Gasteiger partial charge in [-0.2, -0.15) is 0 Å². The molecule has 0 aromatic rings. The van der Waals surface area contributed by atoms with Crippen LogP contribution >= 0.6 is 0 Å². The Balaban J connectivity index is 2.03. The van der Waals surface area contributed by atoms with Crippen molar-refractivity contribution < 1.29 is 4.74 Å². The van der Waals surface area contributed by atoms with Crippen LogP contribution in [0.3, 0.4) is 0 Å². The molecule has 2 atom stereocenters. The quantitative estimate of drug-likeness (QED) is 0.610. The Kier molecular flexibility index (Phi) is 4.09. The van der Waals surface area contributed by atoms with Crippen LogP contribution in [0.25, 0.3) is 0 Å². The second kappa shape index (κ2) is 5.31. The number of guanidine groups is 1. The third-order valence-electron chi connectivity index (χ3n) is 4.44. The standard InChI is InChI=1S/C15H29N3O/c1-5-19-12-10-11(15(12)8-6-7-9-15)17-13(16)18-14(2,3)4/h11-12H,5-10H2,1-4H3,(H3,16,17,18). The molecule has 2 saturated carbocycles. The molecule has 19 heavy (non-hydrogen) atoms. The van der Waals surface area contributed by atoms with E-state index in [2.05, 4.69) is 33.0 Å². The van der Waals surface area contributed by atoms with Gasteiger partial charge in [0.1, 0.15) is 0 Å². The number of rotatable bonds is 3. The highest BCUT2D eigenvalue weighted by Gasteiger charge is 2.56. The van der Waals surface area contributed by atoms with E-state index in [1.807, 2.05) is 0 Å². The van der Waals surface area contributed by atoms with Crippen LogP contribution < -0.4 is 11.1 Å². The van der Waals surface area contributed by atoms with Gasteiger partial charge in [0.15, 0.2) is 5.96 Å². The fourth-order valence-electron chi connectivity index (χ4n) is 3.62. The summed E-state index contributed by atoms with van der Waals surface area (Å²) in [5.41, 5.74) is 6.29. The third kappa shape index (κ3) is 3.04. The first kappa shape index (κ1) is 14.6. The number of nitrogens with zero attached hydrogens (tertiary/aromatic N) is 1. The smallest absolute Gasteiger partial charge is 0.189 e. The van der Waals surface area contributed by atoms with Crippen molar-refractivity contribution in [3.8, 4) is 0 Å². The molecule has 0 radical (unpaired) electrons. The molecular weight excluding hydrogens is 238 g/mol. The van der Waals surface area contributed by atoms with Gasteiger partial charge in [0.05, 0.1) is 12.1 Å². The Bertz CT molecular complexity index is 340. The van der Waals surface area contributed by atoms with Gasteiger partial charge in [-0.05, 0) is 47.0 Å². The molecule has 0 bridgehead atoms. The van der Waals surface area contributed by atoms with Crippen molar-refractivity contribution in [2.24, 2.45) is 16.1 Å². The first-order valence-corrected chi connectivity index (χ1v) is 7.60. The monoisotopic (exact) mass is 267 g/mol. The Labute approximate surface area is 117 Å². The second-order valence-corrected chi connectivity index (χ2v) is 7.03. The van der Waals surface area contributed by atoms with E-state index in [1.54, 1.807) is 0 Å². The number of nitrogens with two attached hydrogens (primary N) is 1. The minimum absolute atomic E-state index is 0.0283. The van der Waals surface area contributed by atoms with E-state index in [-0.39, 0.29) is 11.0 Å². The minimum atomic E-state index is -0.0283. The SMILES string of the molecule is CCOC1CC(N=C(N)NC(C)(C)C)C12CCCC2. The molecule has 3 N–H and O–H groups in total. The number of ether oxygens (including phenoxy) is 1. The largest absolute Gasteiger partial charge is 0.378 e. The van der Waals surface area contributed by atoms with Crippen molar-refractivity contribution in [1.29, 1.82) is 0 Å². The van der Waals surface area contributed by atoms with Crippen molar-refractivity contribution in [2.45, 2.75) is 77.5 Å². The van der Waals surface area contributed by atoms with Gasteiger partial charge in [0, 0.05) is 17.6 Å². The molecule has 0 saturated heterocycles. The van der Waals surface area contributed by atoms with E-state index >= 15 is 0 Å². The lowest BCUT2D eigenvalue weighted by Crippen LogP contribution is -2.57. The number of aliphatic imine (C=N–C) groups is 1. The zero-order valence-corrected chi connectivity index (χ0v) is 12.8. The van der Waals surface area contributed by atoms with Crippen molar-refractivity contribution in [2.75, 3.05) is 6.61 Å².